The molecule has 0 aliphatic heterocycles. The quantitative estimate of drug-likeness (QED) is 0.819. The SMILES string of the molecule is [CH2]C(CO)c1cc(F)ccc1OC(F)(F)F. The van der Waals surface area contributed by atoms with Crippen molar-refractivity contribution in [3.8, 4) is 5.75 Å². The van der Waals surface area contributed by atoms with Gasteiger partial charge in [-0.05, 0) is 25.1 Å². The zero-order valence-electron chi connectivity index (χ0n) is 8.09. The van der Waals surface area contributed by atoms with Crippen LogP contribution in [0.2, 0.25) is 0 Å². The Kier molecular flexibility index (Phi) is 3.74. The number of ether oxygens (including phenoxy) is 1. The summed E-state index contributed by atoms with van der Waals surface area (Å²) in [6.07, 6.45) is -4.86. The lowest BCUT2D eigenvalue weighted by molar-refractivity contribution is -0.275. The Morgan fingerprint density at radius 2 is 2.00 bits per heavy atom. The molecule has 89 valence electrons. The van der Waals surface area contributed by atoms with E-state index in [-0.39, 0.29) is 5.56 Å². The third kappa shape index (κ3) is 3.37. The predicted molar refractivity (Wildman–Crippen MR) is 48.3 cm³/mol. The number of alkyl halides is 3. The van der Waals surface area contributed by atoms with Gasteiger partial charge in [0.15, 0.2) is 0 Å². The summed E-state index contributed by atoms with van der Waals surface area (Å²) >= 11 is 0. The third-order valence-corrected chi connectivity index (χ3v) is 1.86. The molecule has 0 aliphatic carbocycles. The smallest absolute Gasteiger partial charge is 0.405 e. The lowest BCUT2D eigenvalue weighted by Crippen LogP contribution is -2.19. The van der Waals surface area contributed by atoms with Crippen LogP contribution in [0.3, 0.4) is 0 Å². The summed E-state index contributed by atoms with van der Waals surface area (Å²) < 4.78 is 52.5. The van der Waals surface area contributed by atoms with E-state index in [9.17, 15) is 17.6 Å². The Balaban J connectivity index is 3.07. The van der Waals surface area contributed by atoms with E-state index in [1.54, 1.807) is 0 Å². The summed E-state index contributed by atoms with van der Waals surface area (Å²) in [5, 5.41) is 8.78. The van der Waals surface area contributed by atoms with Crippen molar-refractivity contribution in [2.45, 2.75) is 12.3 Å². The fourth-order valence-electron chi connectivity index (χ4n) is 1.15. The minimum Gasteiger partial charge on any atom is -0.405 e. The molecule has 6 heteroatoms. The number of aliphatic hydroxyl groups excluding tert-OH is 1. The first-order chi connectivity index (χ1) is 7.33. The minimum atomic E-state index is -4.86. The van der Waals surface area contributed by atoms with Gasteiger partial charge in [0.25, 0.3) is 0 Å². The number of aliphatic hydroxyl groups is 1. The highest BCUT2D eigenvalue weighted by Gasteiger charge is 2.32. The number of rotatable bonds is 3. The Morgan fingerprint density at radius 3 is 2.50 bits per heavy atom. The minimum absolute atomic E-state index is 0.125. The van der Waals surface area contributed by atoms with Crippen molar-refractivity contribution in [1.82, 2.24) is 0 Å². The lowest BCUT2D eigenvalue weighted by atomic mass is 10.0. The zero-order valence-corrected chi connectivity index (χ0v) is 8.09. The first-order valence-corrected chi connectivity index (χ1v) is 4.32. The summed E-state index contributed by atoms with van der Waals surface area (Å²) in [5.74, 6) is -2.15. The van der Waals surface area contributed by atoms with E-state index in [0.717, 1.165) is 18.2 Å². The molecule has 1 aromatic rings. The normalized spacial score (nSPS) is 13.6. The van der Waals surface area contributed by atoms with E-state index < -0.39 is 30.5 Å². The second kappa shape index (κ2) is 4.69. The average Bonchev–Trinajstić information content (AvgIpc) is 2.17. The summed E-state index contributed by atoms with van der Waals surface area (Å²) in [6.45, 7) is 2.89. The van der Waals surface area contributed by atoms with E-state index >= 15 is 0 Å². The standard InChI is InChI=1S/C10H9F4O2/c1-6(5-15)8-4-7(11)2-3-9(8)16-10(12,13)14/h2-4,6,15H,1,5H2. The maximum Gasteiger partial charge on any atom is 0.573 e. The summed E-state index contributed by atoms with van der Waals surface area (Å²) in [4.78, 5) is 0. The van der Waals surface area contributed by atoms with E-state index in [1.807, 2.05) is 0 Å². The molecule has 2 nitrogen and oxygen atoms in total. The van der Waals surface area contributed by atoms with Gasteiger partial charge in [-0.15, -0.1) is 13.2 Å². The fraction of sp³-hybridized carbons (Fsp3) is 0.300. The van der Waals surface area contributed by atoms with Gasteiger partial charge in [0.1, 0.15) is 11.6 Å². The van der Waals surface area contributed by atoms with Crippen LogP contribution in [0.5, 0.6) is 5.75 Å². The van der Waals surface area contributed by atoms with E-state index in [0.29, 0.717) is 0 Å². The van der Waals surface area contributed by atoms with Crippen LogP contribution in [0.15, 0.2) is 18.2 Å². The topological polar surface area (TPSA) is 29.5 Å². The predicted octanol–water partition coefficient (Wildman–Crippen LogP) is 2.63. The van der Waals surface area contributed by atoms with Gasteiger partial charge >= 0.3 is 6.36 Å². The fourth-order valence-corrected chi connectivity index (χ4v) is 1.15. The molecular weight excluding hydrogens is 228 g/mol. The molecule has 0 heterocycles. The molecule has 0 bridgehead atoms. The summed E-state index contributed by atoms with van der Waals surface area (Å²) in [5.41, 5.74) is -0.125. The average molecular weight is 237 g/mol. The number of benzene rings is 1. The number of halogens is 4. The van der Waals surface area contributed by atoms with Crippen LogP contribution in [0, 0.1) is 12.7 Å². The van der Waals surface area contributed by atoms with Gasteiger partial charge in [-0.25, -0.2) is 4.39 Å². The van der Waals surface area contributed by atoms with Gasteiger partial charge in [0.05, 0.1) is 6.61 Å². The molecule has 1 rings (SSSR count). The monoisotopic (exact) mass is 237 g/mol. The van der Waals surface area contributed by atoms with Crippen LogP contribution >= 0.6 is 0 Å². The van der Waals surface area contributed by atoms with Crippen molar-refractivity contribution in [1.29, 1.82) is 0 Å². The molecule has 0 spiro atoms. The Hall–Kier alpha value is -1.30. The molecule has 1 aromatic carbocycles. The summed E-state index contributed by atoms with van der Waals surface area (Å²) in [7, 11) is 0. The Morgan fingerprint density at radius 1 is 1.38 bits per heavy atom. The first-order valence-electron chi connectivity index (χ1n) is 4.32. The first kappa shape index (κ1) is 12.8. The van der Waals surface area contributed by atoms with Gasteiger partial charge < -0.3 is 9.84 Å². The number of hydrogen-bond acceptors (Lipinski definition) is 2. The van der Waals surface area contributed by atoms with E-state index in [4.69, 9.17) is 5.11 Å². The molecular formula is C10H9F4O2. The second-order valence-electron chi connectivity index (χ2n) is 3.11. The largest absolute Gasteiger partial charge is 0.573 e. The molecule has 0 saturated carbocycles. The van der Waals surface area contributed by atoms with Crippen molar-refractivity contribution in [2.24, 2.45) is 0 Å². The zero-order chi connectivity index (χ0) is 12.3. The highest BCUT2D eigenvalue weighted by molar-refractivity contribution is 5.37. The van der Waals surface area contributed by atoms with Gasteiger partial charge in [-0.1, -0.05) is 0 Å². The molecule has 0 fully saturated rings. The van der Waals surface area contributed by atoms with Gasteiger partial charge in [-0.2, -0.15) is 0 Å². The molecule has 16 heavy (non-hydrogen) atoms. The van der Waals surface area contributed by atoms with Crippen molar-refractivity contribution in [3.05, 3.63) is 36.5 Å². The molecule has 1 N–H and O–H groups in total. The lowest BCUT2D eigenvalue weighted by Gasteiger charge is -2.16. The van der Waals surface area contributed by atoms with Crippen LogP contribution in [0.25, 0.3) is 0 Å². The Labute approximate surface area is 89.5 Å². The highest BCUT2D eigenvalue weighted by atomic mass is 19.4. The van der Waals surface area contributed by atoms with Crippen molar-refractivity contribution >= 4 is 0 Å². The maximum atomic E-state index is 12.8. The van der Waals surface area contributed by atoms with Crippen LogP contribution < -0.4 is 4.74 Å². The Bertz CT molecular complexity index is 362. The second-order valence-corrected chi connectivity index (χ2v) is 3.11. The van der Waals surface area contributed by atoms with Crippen molar-refractivity contribution in [2.75, 3.05) is 6.61 Å². The van der Waals surface area contributed by atoms with Gasteiger partial charge in [-0.3, -0.25) is 0 Å². The summed E-state index contributed by atoms with van der Waals surface area (Å²) in [6, 6.07) is 2.55. The third-order valence-electron chi connectivity index (χ3n) is 1.86. The molecule has 0 amide bonds. The molecule has 1 unspecified atom stereocenters. The molecule has 0 aromatic heterocycles. The van der Waals surface area contributed by atoms with E-state index in [1.165, 1.54) is 0 Å². The molecule has 1 atom stereocenters. The van der Waals surface area contributed by atoms with E-state index in [2.05, 4.69) is 11.7 Å². The van der Waals surface area contributed by atoms with Crippen LogP contribution in [-0.2, 0) is 0 Å². The van der Waals surface area contributed by atoms with Crippen molar-refractivity contribution in [3.63, 3.8) is 0 Å². The van der Waals surface area contributed by atoms with Gasteiger partial charge in [0, 0.05) is 11.5 Å². The highest BCUT2D eigenvalue weighted by Crippen LogP contribution is 2.31. The molecule has 0 aliphatic rings. The molecule has 0 saturated heterocycles. The van der Waals surface area contributed by atoms with Crippen LogP contribution in [0.1, 0.15) is 11.5 Å². The van der Waals surface area contributed by atoms with Crippen LogP contribution in [-0.4, -0.2) is 18.1 Å². The van der Waals surface area contributed by atoms with Crippen LogP contribution in [0.4, 0.5) is 17.6 Å². The number of hydrogen-bond donors (Lipinski definition) is 1. The molecule has 1 radical (unpaired) electrons. The van der Waals surface area contributed by atoms with Crippen molar-refractivity contribution < 1.29 is 27.4 Å². The van der Waals surface area contributed by atoms with Gasteiger partial charge in [0.2, 0.25) is 0 Å². The maximum absolute atomic E-state index is 12.8.